The van der Waals surface area contributed by atoms with Gasteiger partial charge in [0.15, 0.2) is 10.2 Å². The number of aromatic nitrogens is 1. The molecule has 2 amide bonds. The quantitative estimate of drug-likeness (QED) is 0.638. The highest BCUT2D eigenvalue weighted by atomic mass is 32.2. The Labute approximate surface area is 178 Å². The zero-order valence-corrected chi connectivity index (χ0v) is 18.1. The van der Waals surface area contributed by atoms with Crippen LogP contribution in [0.2, 0.25) is 0 Å². The smallest absolute Gasteiger partial charge is 0.254 e. The van der Waals surface area contributed by atoms with E-state index in [2.05, 4.69) is 10.3 Å². The van der Waals surface area contributed by atoms with Gasteiger partial charge in [-0.15, -0.1) is 0 Å². The number of anilines is 1. The molecule has 29 heavy (non-hydrogen) atoms. The SMILES string of the molecule is CC(=O)SCCCCCC(=O)Nc1nc2ccc(C(=O)N3CCOCC3)cc2s1. The number of morpholine rings is 1. The molecule has 1 aromatic carbocycles. The number of rotatable bonds is 8. The molecule has 1 aliphatic rings. The van der Waals surface area contributed by atoms with Crippen molar-refractivity contribution in [3.8, 4) is 0 Å². The lowest BCUT2D eigenvalue weighted by Crippen LogP contribution is -2.40. The topological polar surface area (TPSA) is 88.6 Å². The van der Waals surface area contributed by atoms with E-state index in [1.54, 1.807) is 17.9 Å². The molecule has 9 heteroatoms. The van der Waals surface area contributed by atoms with Crippen molar-refractivity contribution >= 4 is 55.4 Å². The number of nitrogens with one attached hydrogen (secondary N) is 1. The number of hydrogen-bond acceptors (Lipinski definition) is 7. The van der Waals surface area contributed by atoms with Crippen LogP contribution in [0.4, 0.5) is 5.13 Å². The molecule has 0 unspecified atom stereocenters. The highest BCUT2D eigenvalue weighted by molar-refractivity contribution is 8.13. The second-order valence-corrected chi connectivity index (χ2v) is 9.11. The van der Waals surface area contributed by atoms with Crippen LogP contribution < -0.4 is 5.32 Å². The lowest BCUT2D eigenvalue weighted by atomic mass is 10.2. The predicted octanol–water partition coefficient (Wildman–Crippen LogP) is 3.55. The van der Waals surface area contributed by atoms with Crippen molar-refractivity contribution in [2.24, 2.45) is 0 Å². The Morgan fingerprint density at radius 3 is 2.76 bits per heavy atom. The number of carbonyl (C=O) groups is 3. The van der Waals surface area contributed by atoms with E-state index >= 15 is 0 Å². The third-order valence-corrected chi connectivity index (χ3v) is 6.37. The number of benzene rings is 1. The van der Waals surface area contributed by atoms with Crippen LogP contribution in [0.5, 0.6) is 0 Å². The van der Waals surface area contributed by atoms with E-state index in [9.17, 15) is 14.4 Å². The highest BCUT2D eigenvalue weighted by Gasteiger charge is 2.19. The maximum atomic E-state index is 12.6. The molecular weight excluding hydrogens is 410 g/mol. The molecule has 0 aliphatic carbocycles. The Balaban J connectivity index is 1.51. The van der Waals surface area contributed by atoms with Crippen molar-refractivity contribution in [2.75, 3.05) is 37.4 Å². The fourth-order valence-corrected chi connectivity index (χ4v) is 4.58. The fourth-order valence-electron chi connectivity index (χ4n) is 3.02. The van der Waals surface area contributed by atoms with E-state index in [4.69, 9.17) is 4.74 Å². The average molecular weight is 436 g/mol. The van der Waals surface area contributed by atoms with Crippen LogP contribution in [0.15, 0.2) is 18.2 Å². The van der Waals surface area contributed by atoms with Crippen molar-refractivity contribution < 1.29 is 19.1 Å². The molecule has 0 spiro atoms. The van der Waals surface area contributed by atoms with Crippen LogP contribution in [0.3, 0.4) is 0 Å². The van der Waals surface area contributed by atoms with Gasteiger partial charge in [-0.2, -0.15) is 0 Å². The lowest BCUT2D eigenvalue weighted by molar-refractivity contribution is -0.116. The fraction of sp³-hybridized carbons (Fsp3) is 0.500. The highest BCUT2D eigenvalue weighted by Crippen LogP contribution is 2.27. The maximum Gasteiger partial charge on any atom is 0.254 e. The van der Waals surface area contributed by atoms with Crippen LogP contribution in [0.1, 0.15) is 43.0 Å². The Kier molecular flexibility index (Phi) is 8.02. The molecule has 2 heterocycles. The summed E-state index contributed by atoms with van der Waals surface area (Å²) in [6.45, 7) is 3.92. The number of ether oxygens (including phenoxy) is 1. The minimum atomic E-state index is -0.0621. The minimum Gasteiger partial charge on any atom is -0.378 e. The molecule has 1 aromatic heterocycles. The molecule has 1 N–H and O–H groups in total. The summed E-state index contributed by atoms with van der Waals surface area (Å²) in [6, 6.07) is 5.44. The van der Waals surface area contributed by atoms with Gasteiger partial charge in [-0.3, -0.25) is 14.4 Å². The summed E-state index contributed by atoms with van der Waals surface area (Å²) in [4.78, 5) is 41.9. The molecule has 0 atom stereocenters. The summed E-state index contributed by atoms with van der Waals surface area (Å²) in [5.74, 6) is 0.741. The third kappa shape index (κ3) is 6.52. The molecule has 2 aromatic rings. The monoisotopic (exact) mass is 435 g/mol. The molecular formula is C20H25N3O4S2. The number of carbonyl (C=O) groups excluding carboxylic acids is 3. The summed E-state index contributed by atoms with van der Waals surface area (Å²) in [6.07, 6.45) is 3.06. The first-order valence-electron chi connectivity index (χ1n) is 9.74. The number of unbranched alkanes of at least 4 members (excludes halogenated alkanes) is 2. The van der Waals surface area contributed by atoms with Crippen LogP contribution in [-0.2, 0) is 14.3 Å². The summed E-state index contributed by atoms with van der Waals surface area (Å²) < 4.78 is 6.17. The molecule has 7 nitrogen and oxygen atoms in total. The number of fused-ring (bicyclic) bond motifs is 1. The zero-order valence-electron chi connectivity index (χ0n) is 16.4. The first kappa shape index (κ1) is 21.7. The van der Waals surface area contributed by atoms with Gasteiger partial charge < -0.3 is 15.0 Å². The second kappa shape index (κ2) is 10.7. The van der Waals surface area contributed by atoms with Gasteiger partial charge >= 0.3 is 0 Å². The van der Waals surface area contributed by atoms with Crippen LogP contribution >= 0.6 is 23.1 Å². The molecule has 0 radical (unpaired) electrons. The van der Waals surface area contributed by atoms with Crippen LogP contribution in [0, 0.1) is 0 Å². The van der Waals surface area contributed by atoms with Gasteiger partial charge in [-0.05, 0) is 31.0 Å². The third-order valence-electron chi connectivity index (χ3n) is 4.53. The minimum absolute atomic E-state index is 0.00266. The van der Waals surface area contributed by atoms with Gasteiger partial charge in [0.25, 0.3) is 5.91 Å². The maximum absolute atomic E-state index is 12.6. The molecule has 1 saturated heterocycles. The molecule has 3 rings (SSSR count). The standard InChI is InChI=1S/C20H25N3O4S2/c1-14(24)28-12-4-2-3-5-18(25)22-20-21-16-7-6-15(13-17(16)29-20)19(26)23-8-10-27-11-9-23/h6-7,13H,2-5,8-12H2,1H3,(H,21,22,25). The number of amides is 2. The Bertz CT molecular complexity index is 878. The molecule has 0 bridgehead atoms. The van der Waals surface area contributed by atoms with Crippen molar-refractivity contribution in [1.29, 1.82) is 0 Å². The van der Waals surface area contributed by atoms with E-state index in [1.165, 1.54) is 23.1 Å². The van der Waals surface area contributed by atoms with Crippen LogP contribution in [0.25, 0.3) is 10.2 Å². The van der Waals surface area contributed by atoms with Gasteiger partial charge in [0, 0.05) is 37.8 Å². The normalized spacial score (nSPS) is 14.2. The molecule has 0 saturated carbocycles. The largest absolute Gasteiger partial charge is 0.378 e. The first-order valence-corrected chi connectivity index (χ1v) is 11.5. The molecule has 156 valence electrons. The average Bonchev–Trinajstić information content (AvgIpc) is 3.11. The van der Waals surface area contributed by atoms with E-state index in [0.29, 0.717) is 43.4 Å². The molecule has 1 fully saturated rings. The summed E-state index contributed by atoms with van der Waals surface area (Å²) in [7, 11) is 0. The lowest BCUT2D eigenvalue weighted by Gasteiger charge is -2.26. The number of thioether (sulfide) groups is 1. The van der Waals surface area contributed by atoms with E-state index < -0.39 is 0 Å². The summed E-state index contributed by atoms with van der Waals surface area (Å²) in [5.41, 5.74) is 1.40. The van der Waals surface area contributed by atoms with Crippen molar-refractivity contribution in [3.05, 3.63) is 23.8 Å². The van der Waals surface area contributed by atoms with Gasteiger partial charge in [0.05, 0.1) is 23.4 Å². The first-order chi connectivity index (χ1) is 14.0. The predicted molar refractivity (Wildman–Crippen MR) is 117 cm³/mol. The summed E-state index contributed by atoms with van der Waals surface area (Å²) in [5, 5.41) is 3.53. The van der Waals surface area contributed by atoms with Crippen LogP contribution in [-0.4, -0.2) is 58.9 Å². The van der Waals surface area contributed by atoms with E-state index in [1.807, 2.05) is 12.1 Å². The van der Waals surface area contributed by atoms with Crippen molar-refractivity contribution in [2.45, 2.75) is 32.6 Å². The van der Waals surface area contributed by atoms with E-state index in [-0.39, 0.29) is 16.9 Å². The second-order valence-electron chi connectivity index (χ2n) is 6.80. The number of nitrogens with zero attached hydrogens (tertiary/aromatic N) is 2. The zero-order chi connectivity index (χ0) is 20.6. The van der Waals surface area contributed by atoms with E-state index in [0.717, 1.165) is 35.2 Å². The summed E-state index contributed by atoms with van der Waals surface area (Å²) >= 11 is 2.70. The van der Waals surface area contributed by atoms with Gasteiger partial charge in [-0.1, -0.05) is 29.5 Å². The van der Waals surface area contributed by atoms with Gasteiger partial charge in [0.2, 0.25) is 5.91 Å². The Morgan fingerprint density at radius 1 is 1.21 bits per heavy atom. The number of hydrogen-bond donors (Lipinski definition) is 1. The van der Waals surface area contributed by atoms with Crippen molar-refractivity contribution in [3.63, 3.8) is 0 Å². The van der Waals surface area contributed by atoms with Crippen molar-refractivity contribution in [1.82, 2.24) is 9.88 Å². The van der Waals surface area contributed by atoms with Gasteiger partial charge in [-0.25, -0.2) is 4.98 Å². The molecule has 1 aliphatic heterocycles. The number of thiazole rings is 1. The Morgan fingerprint density at radius 2 is 2.00 bits per heavy atom. The Hall–Kier alpha value is -1.97. The van der Waals surface area contributed by atoms with Gasteiger partial charge in [0.1, 0.15) is 0 Å².